The van der Waals surface area contributed by atoms with Gasteiger partial charge in [-0.15, -0.1) is 12.4 Å². The Balaban J connectivity index is 0.00000144. The Morgan fingerprint density at radius 3 is 2.82 bits per heavy atom. The van der Waals surface area contributed by atoms with Gasteiger partial charge in [0.25, 0.3) is 0 Å². The molecule has 100 valence electrons. The molecule has 5 heteroatoms. The molecule has 0 radical (unpaired) electrons. The van der Waals surface area contributed by atoms with E-state index < -0.39 is 0 Å². The Kier molecular flexibility index (Phi) is 6.67. The first-order chi connectivity index (χ1) is 7.79. The summed E-state index contributed by atoms with van der Waals surface area (Å²) in [6.07, 6.45) is 8.09. The molecule has 0 bridgehead atoms. The summed E-state index contributed by atoms with van der Waals surface area (Å²) in [7, 11) is 0. The molecule has 1 saturated heterocycles. The molecule has 2 aliphatic rings. The number of rotatable bonds is 3. The van der Waals surface area contributed by atoms with Crippen molar-refractivity contribution in [3.63, 3.8) is 0 Å². The van der Waals surface area contributed by atoms with Crippen LogP contribution in [0.3, 0.4) is 0 Å². The van der Waals surface area contributed by atoms with Gasteiger partial charge in [-0.2, -0.15) is 11.8 Å². The quantitative estimate of drug-likeness (QED) is 0.827. The molecule has 0 aromatic rings. The molecule has 3 unspecified atom stereocenters. The molecule has 0 spiro atoms. The monoisotopic (exact) mass is 278 g/mol. The lowest BCUT2D eigenvalue weighted by molar-refractivity contribution is -0.125. The Morgan fingerprint density at radius 2 is 2.18 bits per heavy atom. The highest BCUT2D eigenvalue weighted by molar-refractivity contribution is 7.99. The highest BCUT2D eigenvalue weighted by atomic mass is 35.5. The number of carbonyl (C=O) groups excluding carboxylic acids is 1. The zero-order chi connectivity index (χ0) is 11.4. The highest BCUT2D eigenvalue weighted by Crippen LogP contribution is 2.27. The summed E-state index contributed by atoms with van der Waals surface area (Å²) >= 11 is 1.95. The predicted octanol–water partition coefficient (Wildman–Crippen LogP) is 1.81. The van der Waals surface area contributed by atoms with Crippen LogP contribution in [0.2, 0.25) is 0 Å². The van der Waals surface area contributed by atoms with Crippen LogP contribution in [0.5, 0.6) is 0 Å². The first-order valence-electron chi connectivity index (χ1n) is 6.33. The maximum atomic E-state index is 12.0. The van der Waals surface area contributed by atoms with Crippen molar-refractivity contribution in [1.82, 2.24) is 10.6 Å². The molecule has 1 aliphatic carbocycles. The molecule has 1 amide bonds. The Morgan fingerprint density at radius 1 is 1.35 bits per heavy atom. The van der Waals surface area contributed by atoms with Gasteiger partial charge >= 0.3 is 0 Å². The number of carbonyl (C=O) groups is 1. The lowest BCUT2D eigenvalue weighted by Gasteiger charge is -2.29. The molecule has 1 aliphatic heterocycles. The van der Waals surface area contributed by atoms with Crippen molar-refractivity contribution >= 4 is 30.1 Å². The highest BCUT2D eigenvalue weighted by Gasteiger charge is 2.27. The lowest BCUT2D eigenvalue weighted by Crippen LogP contribution is -2.42. The van der Waals surface area contributed by atoms with Crippen LogP contribution in [0.1, 0.15) is 32.1 Å². The van der Waals surface area contributed by atoms with Crippen LogP contribution in [0, 0.1) is 5.92 Å². The van der Waals surface area contributed by atoms with Crippen LogP contribution in [-0.4, -0.2) is 36.5 Å². The fraction of sp³-hybridized carbons (Fsp3) is 0.917. The first-order valence-corrected chi connectivity index (χ1v) is 7.62. The van der Waals surface area contributed by atoms with Crippen molar-refractivity contribution in [2.75, 3.05) is 19.3 Å². The van der Waals surface area contributed by atoms with Gasteiger partial charge in [-0.1, -0.05) is 6.42 Å². The van der Waals surface area contributed by atoms with Crippen LogP contribution in [0.25, 0.3) is 0 Å². The molecule has 2 fully saturated rings. The summed E-state index contributed by atoms with van der Waals surface area (Å²) in [4.78, 5) is 12.0. The molecule has 2 rings (SSSR count). The summed E-state index contributed by atoms with van der Waals surface area (Å²) in [5, 5.41) is 7.23. The van der Waals surface area contributed by atoms with Crippen LogP contribution in [0.4, 0.5) is 0 Å². The van der Waals surface area contributed by atoms with Gasteiger partial charge in [0.1, 0.15) is 0 Å². The normalized spacial score (nSPS) is 32.9. The lowest BCUT2D eigenvalue weighted by atomic mass is 9.94. The molecule has 2 N–H and O–H groups in total. The summed E-state index contributed by atoms with van der Waals surface area (Å²) in [6.45, 7) is 1.86. The molecule has 1 saturated carbocycles. The molecule has 0 aromatic heterocycles. The second-order valence-electron chi connectivity index (χ2n) is 4.92. The average molecular weight is 279 g/mol. The van der Waals surface area contributed by atoms with Gasteiger partial charge < -0.3 is 10.6 Å². The van der Waals surface area contributed by atoms with Gasteiger partial charge in [-0.05, 0) is 38.5 Å². The standard InChI is InChI=1S/C12H22N2OS.ClH/c1-16-11-4-2-3-10(7-11)14-12(15)9-5-6-13-8-9;/h9-11,13H,2-8H2,1H3,(H,14,15);1H. The van der Waals surface area contributed by atoms with Crippen molar-refractivity contribution in [2.24, 2.45) is 5.92 Å². The van der Waals surface area contributed by atoms with E-state index in [1.54, 1.807) is 0 Å². The van der Waals surface area contributed by atoms with Gasteiger partial charge in [0.2, 0.25) is 5.91 Å². The van der Waals surface area contributed by atoms with Crippen molar-refractivity contribution in [3.8, 4) is 0 Å². The number of amides is 1. The van der Waals surface area contributed by atoms with Crippen LogP contribution < -0.4 is 10.6 Å². The van der Waals surface area contributed by atoms with Gasteiger partial charge in [0.05, 0.1) is 5.92 Å². The number of hydrogen-bond acceptors (Lipinski definition) is 3. The molecular formula is C12H23ClN2OS. The van der Waals surface area contributed by atoms with Crippen LogP contribution >= 0.6 is 24.2 Å². The van der Waals surface area contributed by atoms with Crippen molar-refractivity contribution in [2.45, 2.75) is 43.4 Å². The van der Waals surface area contributed by atoms with Gasteiger partial charge in [0.15, 0.2) is 0 Å². The van der Waals surface area contributed by atoms with E-state index in [1.165, 1.54) is 19.3 Å². The van der Waals surface area contributed by atoms with Crippen molar-refractivity contribution in [1.29, 1.82) is 0 Å². The molecular weight excluding hydrogens is 256 g/mol. The molecule has 0 aromatic carbocycles. The third-order valence-electron chi connectivity index (χ3n) is 3.74. The second kappa shape index (κ2) is 7.49. The predicted molar refractivity (Wildman–Crippen MR) is 75.9 cm³/mol. The topological polar surface area (TPSA) is 41.1 Å². The van der Waals surface area contributed by atoms with E-state index in [9.17, 15) is 4.79 Å². The van der Waals surface area contributed by atoms with E-state index in [2.05, 4.69) is 16.9 Å². The van der Waals surface area contributed by atoms with Gasteiger partial charge in [-0.3, -0.25) is 4.79 Å². The molecule has 3 nitrogen and oxygen atoms in total. The first kappa shape index (κ1) is 15.1. The Bertz CT molecular complexity index is 247. The minimum absolute atomic E-state index is 0. The van der Waals surface area contributed by atoms with Crippen LogP contribution in [-0.2, 0) is 4.79 Å². The number of thioether (sulfide) groups is 1. The van der Waals surface area contributed by atoms with Gasteiger partial charge in [0, 0.05) is 17.8 Å². The third-order valence-corrected chi connectivity index (χ3v) is 4.83. The van der Waals surface area contributed by atoms with E-state index in [0.29, 0.717) is 6.04 Å². The minimum Gasteiger partial charge on any atom is -0.353 e. The molecule has 1 heterocycles. The molecule has 17 heavy (non-hydrogen) atoms. The van der Waals surface area contributed by atoms with E-state index >= 15 is 0 Å². The summed E-state index contributed by atoms with van der Waals surface area (Å²) in [5.41, 5.74) is 0. The maximum absolute atomic E-state index is 12.0. The average Bonchev–Trinajstić information content (AvgIpc) is 2.83. The van der Waals surface area contributed by atoms with Crippen molar-refractivity contribution in [3.05, 3.63) is 0 Å². The van der Waals surface area contributed by atoms with Crippen LogP contribution in [0.15, 0.2) is 0 Å². The fourth-order valence-electron chi connectivity index (χ4n) is 2.69. The maximum Gasteiger partial charge on any atom is 0.224 e. The van der Waals surface area contributed by atoms with Crippen molar-refractivity contribution < 1.29 is 4.79 Å². The van der Waals surface area contributed by atoms with E-state index in [-0.39, 0.29) is 24.2 Å². The van der Waals surface area contributed by atoms with E-state index in [0.717, 1.165) is 31.2 Å². The SMILES string of the molecule is CSC1CCCC(NC(=O)C2CCNC2)C1.Cl. The Labute approximate surface area is 114 Å². The smallest absolute Gasteiger partial charge is 0.224 e. The molecule has 3 atom stereocenters. The Hall–Kier alpha value is 0.0700. The minimum atomic E-state index is 0. The summed E-state index contributed by atoms with van der Waals surface area (Å²) < 4.78 is 0. The van der Waals surface area contributed by atoms with E-state index in [4.69, 9.17) is 0 Å². The zero-order valence-electron chi connectivity index (χ0n) is 10.4. The number of hydrogen-bond donors (Lipinski definition) is 2. The van der Waals surface area contributed by atoms with E-state index in [1.807, 2.05) is 11.8 Å². The number of halogens is 1. The largest absolute Gasteiger partial charge is 0.353 e. The fourth-order valence-corrected chi connectivity index (χ4v) is 3.51. The summed E-state index contributed by atoms with van der Waals surface area (Å²) in [6, 6.07) is 0.430. The van der Waals surface area contributed by atoms with Gasteiger partial charge in [-0.25, -0.2) is 0 Å². The number of nitrogens with one attached hydrogen (secondary N) is 2. The summed E-state index contributed by atoms with van der Waals surface area (Å²) in [5.74, 6) is 0.492. The zero-order valence-corrected chi connectivity index (χ0v) is 12.0. The third kappa shape index (κ3) is 4.34. The second-order valence-corrected chi connectivity index (χ2v) is 6.06.